The summed E-state index contributed by atoms with van der Waals surface area (Å²) in [4.78, 5) is 0. The first kappa shape index (κ1) is 12.9. The van der Waals surface area contributed by atoms with Crippen LogP contribution < -0.4 is 0 Å². The standard InChI is InChI=1S/C10H14N4S3/c1-15-8-4-6-11-13(8)10(17-3)14-9(16-2)5-7-12-14/h4-7,10H,1-3H3. The summed E-state index contributed by atoms with van der Waals surface area (Å²) in [5, 5.41) is 11.1. The molecule has 7 heteroatoms. The molecular formula is C10H14N4S3. The molecule has 0 N–H and O–H groups in total. The van der Waals surface area contributed by atoms with Gasteiger partial charge < -0.3 is 0 Å². The first-order chi connectivity index (χ1) is 8.31. The Labute approximate surface area is 114 Å². The molecular weight excluding hydrogens is 272 g/mol. The van der Waals surface area contributed by atoms with Crippen molar-refractivity contribution in [1.29, 1.82) is 0 Å². The third-order valence-electron chi connectivity index (χ3n) is 2.32. The predicted molar refractivity (Wildman–Crippen MR) is 76.0 cm³/mol. The van der Waals surface area contributed by atoms with Crippen molar-refractivity contribution in [3.8, 4) is 0 Å². The van der Waals surface area contributed by atoms with Crippen LogP contribution >= 0.6 is 35.3 Å². The van der Waals surface area contributed by atoms with E-state index in [0.717, 1.165) is 10.1 Å². The maximum Gasteiger partial charge on any atom is 0.192 e. The molecule has 0 atom stereocenters. The van der Waals surface area contributed by atoms with E-state index < -0.39 is 0 Å². The Balaban J connectivity index is 2.40. The summed E-state index contributed by atoms with van der Waals surface area (Å²) < 4.78 is 4.00. The van der Waals surface area contributed by atoms with Gasteiger partial charge in [-0.25, -0.2) is 9.36 Å². The molecule has 0 aromatic carbocycles. The van der Waals surface area contributed by atoms with E-state index in [1.807, 2.05) is 33.9 Å². The van der Waals surface area contributed by atoms with Gasteiger partial charge in [-0.2, -0.15) is 10.2 Å². The van der Waals surface area contributed by atoms with Crippen molar-refractivity contribution >= 4 is 35.3 Å². The van der Waals surface area contributed by atoms with Crippen LogP contribution in [0.1, 0.15) is 5.50 Å². The summed E-state index contributed by atoms with van der Waals surface area (Å²) in [7, 11) is 0. The highest BCUT2D eigenvalue weighted by Gasteiger charge is 2.18. The van der Waals surface area contributed by atoms with Crippen LogP contribution in [0.5, 0.6) is 0 Å². The molecule has 0 spiro atoms. The lowest BCUT2D eigenvalue weighted by atomic mass is 10.7. The molecule has 2 aromatic rings. The summed E-state index contributed by atoms with van der Waals surface area (Å²) in [6.45, 7) is 0. The molecule has 4 nitrogen and oxygen atoms in total. The monoisotopic (exact) mass is 286 g/mol. The summed E-state index contributed by atoms with van der Waals surface area (Å²) in [6, 6.07) is 4.05. The van der Waals surface area contributed by atoms with Gasteiger partial charge in [0.2, 0.25) is 0 Å². The van der Waals surface area contributed by atoms with E-state index in [0.29, 0.717) is 0 Å². The molecule has 2 heterocycles. The van der Waals surface area contributed by atoms with Gasteiger partial charge >= 0.3 is 0 Å². The van der Waals surface area contributed by atoms with Crippen LogP contribution in [-0.2, 0) is 0 Å². The second-order valence-electron chi connectivity index (χ2n) is 3.20. The third kappa shape index (κ3) is 2.51. The molecule has 2 rings (SSSR count). The van der Waals surface area contributed by atoms with Crippen LogP contribution in [0, 0.1) is 0 Å². The van der Waals surface area contributed by atoms with E-state index in [4.69, 9.17) is 0 Å². The lowest BCUT2D eigenvalue weighted by Crippen LogP contribution is -2.18. The summed E-state index contributed by atoms with van der Waals surface area (Å²) in [6.07, 6.45) is 9.85. The van der Waals surface area contributed by atoms with Crippen LogP contribution in [0.25, 0.3) is 0 Å². The average molecular weight is 286 g/mol. The molecule has 0 bridgehead atoms. The summed E-state index contributed by atoms with van der Waals surface area (Å²) >= 11 is 5.11. The van der Waals surface area contributed by atoms with Gasteiger partial charge in [0, 0.05) is 0 Å². The lowest BCUT2D eigenvalue weighted by molar-refractivity contribution is 0.435. The number of rotatable bonds is 5. The largest absolute Gasteiger partial charge is 0.225 e. The van der Waals surface area contributed by atoms with Crippen molar-refractivity contribution in [3.63, 3.8) is 0 Å². The molecule has 0 fully saturated rings. The molecule has 17 heavy (non-hydrogen) atoms. The summed E-state index contributed by atoms with van der Waals surface area (Å²) in [5.41, 5.74) is 0.0740. The molecule has 0 amide bonds. The number of hydrogen-bond acceptors (Lipinski definition) is 5. The zero-order chi connectivity index (χ0) is 12.3. The maximum atomic E-state index is 4.39. The fourth-order valence-electron chi connectivity index (χ4n) is 1.56. The average Bonchev–Trinajstić information content (AvgIpc) is 2.98. The van der Waals surface area contributed by atoms with Crippen LogP contribution in [0.3, 0.4) is 0 Å². The van der Waals surface area contributed by atoms with Gasteiger partial charge in [0.05, 0.1) is 22.4 Å². The Morgan fingerprint density at radius 1 is 0.941 bits per heavy atom. The molecule has 0 radical (unpaired) electrons. The predicted octanol–water partition coefficient (Wildman–Crippen LogP) is 2.89. The van der Waals surface area contributed by atoms with E-state index in [2.05, 4.69) is 29.0 Å². The van der Waals surface area contributed by atoms with Gasteiger partial charge in [0.1, 0.15) is 0 Å². The van der Waals surface area contributed by atoms with Gasteiger partial charge in [0.25, 0.3) is 0 Å². The Hall–Kier alpha value is -0.530. The van der Waals surface area contributed by atoms with E-state index in [-0.39, 0.29) is 5.50 Å². The van der Waals surface area contributed by atoms with Crippen LogP contribution in [0.2, 0.25) is 0 Å². The highest BCUT2D eigenvalue weighted by atomic mass is 32.2. The quantitative estimate of drug-likeness (QED) is 0.790. The minimum Gasteiger partial charge on any atom is -0.225 e. The fraction of sp³-hybridized carbons (Fsp3) is 0.400. The van der Waals surface area contributed by atoms with E-state index in [1.165, 1.54) is 0 Å². The van der Waals surface area contributed by atoms with Crippen LogP contribution in [-0.4, -0.2) is 38.3 Å². The van der Waals surface area contributed by atoms with Gasteiger partial charge in [-0.1, -0.05) is 0 Å². The minimum atomic E-state index is 0.0740. The van der Waals surface area contributed by atoms with Gasteiger partial charge in [-0.3, -0.25) is 0 Å². The molecule has 2 aromatic heterocycles. The number of nitrogens with zero attached hydrogens (tertiary/aromatic N) is 4. The molecule has 0 saturated heterocycles. The smallest absolute Gasteiger partial charge is 0.192 e. The normalized spacial score (nSPS) is 11.3. The van der Waals surface area contributed by atoms with Crippen molar-refractivity contribution in [2.75, 3.05) is 18.8 Å². The zero-order valence-electron chi connectivity index (χ0n) is 9.90. The fourth-order valence-corrected chi connectivity index (χ4v) is 3.49. The van der Waals surface area contributed by atoms with Crippen molar-refractivity contribution in [1.82, 2.24) is 19.6 Å². The topological polar surface area (TPSA) is 35.6 Å². The lowest BCUT2D eigenvalue weighted by Gasteiger charge is -2.19. The zero-order valence-corrected chi connectivity index (χ0v) is 12.3. The highest BCUT2D eigenvalue weighted by molar-refractivity contribution is 7.99. The molecule has 0 aliphatic carbocycles. The molecule has 0 saturated carbocycles. The molecule has 0 aliphatic rings. The SMILES string of the molecule is CSc1ccnn1C(SC)n1nccc1SC. The Morgan fingerprint density at radius 3 is 1.76 bits per heavy atom. The minimum absolute atomic E-state index is 0.0740. The van der Waals surface area contributed by atoms with E-state index in [1.54, 1.807) is 35.3 Å². The first-order valence-corrected chi connectivity index (χ1v) is 8.73. The van der Waals surface area contributed by atoms with Gasteiger partial charge in [0.15, 0.2) is 5.50 Å². The molecule has 0 unspecified atom stereocenters. The second kappa shape index (κ2) is 5.88. The Morgan fingerprint density at radius 2 is 1.41 bits per heavy atom. The summed E-state index contributed by atoms with van der Waals surface area (Å²) in [5.74, 6) is 0. The number of thioether (sulfide) groups is 3. The molecule has 92 valence electrons. The Bertz CT molecular complexity index is 437. The first-order valence-electron chi connectivity index (χ1n) is 4.99. The highest BCUT2D eigenvalue weighted by Crippen LogP contribution is 2.29. The van der Waals surface area contributed by atoms with Crippen molar-refractivity contribution in [2.45, 2.75) is 15.5 Å². The number of hydrogen-bond donors (Lipinski definition) is 0. The van der Waals surface area contributed by atoms with Crippen molar-refractivity contribution in [2.24, 2.45) is 0 Å². The molecule has 0 aliphatic heterocycles. The maximum absolute atomic E-state index is 4.39. The van der Waals surface area contributed by atoms with Gasteiger partial charge in [-0.15, -0.1) is 35.3 Å². The van der Waals surface area contributed by atoms with Crippen LogP contribution in [0.15, 0.2) is 34.6 Å². The van der Waals surface area contributed by atoms with E-state index >= 15 is 0 Å². The van der Waals surface area contributed by atoms with Gasteiger partial charge in [-0.05, 0) is 30.9 Å². The van der Waals surface area contributed by atoms with E-state index in [9.17, 15) is 0 Å². The van der Waals surface area contributed by atoms with Crippen molar-refractivity contribution < 1.29 is 0 Å². The van der Waals surface area contributed by atoms with Crippen molar-refractivity contribution in [3.05, 3.63) is 24.5 Å². The third-order valence-corrected chi connectivity index (χ3v) is 4.62. The Kier molecular flexibility index (Phi) is 4.47. The van der Waals surface area contributed by atoms with Crippen LogP contribution in [0.4, 0.5) is 0 Å². The second-order valence-corrected chi connectivity index (χ2v) is 5.74. The number of aromatic nitrogens is 4.